The molecule has 1 N–H and O–H groups in total. The third-order valence-electron chi connectivity index (χ3n) is 3.29. The quantitative estimate of drug-likeness (QED) is 0.544. The molecule has 0 bridgehead atoms. The molecule has 84 valence electrons. The topological polar surface area (TPSA) is 29.1 Å². The second-order valence-electron chi connectivity index (χ2n) is 4.68. The van der Waals surface area contributed by atoms with Crippen LogP contribution in [0.3, 0.4) is 0 Å². The molecule has 0 heterocycles. The van der Waals surface area contributed by atoms with E-state index in [0.29, 0.717) is 0 Å². The summed E-state index contributed by atoms with van der Waals surface area (Å²) in [7, 11) is 0. The fourth-order valence-corrected chi connectivity index (χ4v) is 2.15. The summed E-state index contributed by atoms with van der Waals surface area (Å²) in [6, 6.07) is 0. The van der Waals surface area contributed by atoms with E-state index < -0.39 is 0 Å². The summed E-state index contributed by atoms with van der Waals surface area (Å²) in [5.41, 5.74) is -0.0912. The highest BCUT2D eigenvalue weighted by molar-refractivity contribution is 5.82. The summed E-state index contributed by atoms with van der Waals surface area (Å²) in [6.07, 6.45) is 12.4. The molecule has 0 atom stereocenters. The van der Waals surface area contributed by atoms with Crippen LogP contribution >= 0.6 is 0 Å². The van der Waals surface area contributed by atoms with Crippen LogP contribution in [-0.4, -0.2) is 12.5 Å². The number of amides is 1. The van der Waals surface area contributed by atoms with Crippen LogP contribution in [-0.2, 0) is 4.79 Å². The lowest BCUT2D eigenvalue weighted by molar-refractivity contribution is -0.129. The van der Waals surface area contributed by atoms with Gasteiger partial charge in [0.05, 0.1) is 0 Å². The van der Waals surface area contributed by atoms with E-state index in [-0.39, 0.29) is 11.3 Å². The lowest BCUT2D eigenvalue weighted by atomic mass is 9.88. The van der Waals surface area contributed by atoms with Crippen molar-refractivity contribution in [1.29, 1.82) is 0 Å². The van der Waals surface area contributed by atoms with Gasteiger partial charge in [-0.1, -0.05) is 19.8 Å². The Balaban J connectivity index is 2.16. The summed E-state index contributed by atoms with van der Waals surface area (Å²) >= 11 is 0. The van der Waals surface area contributed by atoms with Gasteiger partial charge in [-0.25, -0.2) is 0 Å². The minimum atomic E-state index is -0.0912. The van der Waals surface area contributed by atoms with Crippen molar-refractivity contribution in [2.75, 3.05) is 6.54 Å². The third kappa shape index (κ3) is 3.58. The average molecular weight is 207 g/mol. The Labute approximate surface area is 92.8 Å². The van der Waals surface area contributed by atoms with Crippen molar-refractivity contribution >= 4 is 5.91 Å². The number of hydrogen-bond acceptors (Lipinski definition) is 1. The third-order valence-corrected chi connectivity index (χ3v) is 3.29. The first kappa shape index (κ1) is 12.1. The van der Waals surface area contributed by atoms with Gasteiger partial charge >= 0.3 is 0 Å². The highest BCUT2D eigenvalue weighted by Crippen LogP contribution is 2.37. The van der Waals surface area contributed by atoms with Crippen LogP contribution in [0.5, 0.6) is 0 Å². The SMILES string of the molecule is C#CCCCCNC(=O)C1(C)CCCC1. The second-order valence-corrected chi connectivity index (χ2v) is 4.68. The molecule has 1 fully saturated rings. The van der Waals surface area contributed by atoms with Crippen molar-refractivity contribution < 1.29 is 4.79 Å². The number of carbonyl (C=O) groups is 1. The number of nitrogens with one attached hydrogen (secondary N) is 1. The Kier molecular flexibility index (Phi) is 4.68. The predicted molar refractivity (Wildman–Crippen MR) is 62.3 cm³/mol. The predicted octanol–water partition coefficient (Wildman–Crippen LogP) is 2.49. The summed E-state index contributed by atoms with van der Waals surface area (Å²) in [5, 5.41) is 3.02. The first-order chi connectivity index (χ1) is 7.19. The summed E-state index contributed by atoms with van der Waals surface area (Å²) < 4.78 is 0. The van der Waals surface area contributed by atoms with E-state index in [1.54, 1.807) is 0 Å². The van der Waals surface area contributed by atoms with Crippen LogP contribution in [0.1, 0.15) is 51.9 Å². The highest BCUT2D eigenvalue weighted by Gasteiger charge is 2.35. The van der Waals surface area contributed by atoms with E-state index in [4.69, 9.17) is 6.42 Å². The molecule has 1 rings (SSSR count). The van der Waals surface area contributed by atoms with Gasteiger partial charge in [0.15, 0.2) is 0 Å². The lowest BCUT2D eigenvalue weighted by Crippen LogP contribution is -2.37. The molecule has 1 amide bonds. The highest BCUT2D eigenvalue weighted by atomic mass is 16.2. The van der Waals surface area contributed by atoms with Gasteiger partial charge in [0.1, 0.15) is 0 Å². The molecule has 0 radical (unpaired) electrons. The molecule has 1 aliphatic carbocycles. The molecule has 2 nitrogen and oxygen atoms in total. The van der Waals surface area contributed by atoms with Crippen LogP contribution in [0, 0.1) is 17.8 Å². The van der Waals surface area contributed by atoms with Crippen molar-refractivity contribution in [2.45, 2.75) is 51.9 Å². The van der Waals surface area contributed by atoms with Crippen molar-refractivity contribution in [3.05, 3.63) is 0 Å². The van der Waals surface area contributed by atoms with E-state index in [1.807, 2.05) is 0 Å². The fraction of sp³-hybridized carbons (Fsp3) is 0.769. The van der Waals surface area contributed by atoms with Gasteiger partial charge in [0, 0.05) is 18.4 Å². The van der Waals surface area contributed by atoms with Crippen molar-refractivity contribution in [1.82, 2.24) is 5.32 Å². The Morgan fingerprint density at radius 3 is 2.67 bits per heavy atom. The number of unbranched alkanes of at least 4 members (excludes halogenated alkanes) is 2. The van der Waals surface area contributed by atoms with E-state index in [9.17, 15) is 4.79 Å². The smallest absolute Gasteiger partial charge is 0.225 e. The van der Waals surface area contributed by atoms with Gasteiger partial charge in [-0.3, -0.25) is 4.79 Å². The van der Waals surface area contributed by atoms with Crippen molar-refractivity contribution in [3.63, 3.8) is 0 Å². The van der Waals surface area contributed by atoms with Crippen LogP contribution in [0.25, 0.3) is 0 Å². The summed E-state index contributed by atoms with van der Waals surface area (Å²) in [6.45, 7) is 2.85. The number of rotatable bonds is 5. The van der Waals surface area contributed by atoms with Gasteiger partial charge < -0.3 is 5.32 Å². The maximum Gasteiger partial charge on any atom is 0.225 e. The molecule has 0 aromatic carbocycles. The fourth-order valence-electron chi connectivity index (χ4n) is 2.15. The van der Waals surface area contributed by atoms with Crippen molar-refractivity contribution in [3.8, 4) is 12.3 Å². The van der Waals surface area contributed by atoms with Crippen molar-refractivity contribution in [2.24, 2.45) is 5.41 Å². The number of terminal acetylenes is 1. The van der Waals surface area contributed by atoms with Gasteiger partial charge in [-0.05, 0) is 25.7 Å². The number of carbonyl (C=O) groups excluding carboxylic acids is 1. The van der Waals surface area contributed by atoms with Crippen LogP contribution < -0.4 is 5.32 Å². The maximum atomic E-state index is 11.8. The monoisotopic (exact) mass is 207 g/mol. The largest absolute Gasteiger partial charge is 0.356 e. The Morgan fingerprint density at radius 2 is 2.07 bits per heavy atom. The van der Waals surface area contributed by atoms with Crippen LogP contribution in [0.15, 0.2) is 0 Å². The van der Waals surface area contributed by atoms with Gasteiger partial charge in [-0.2, -0.15) is 0 Å². The lowest BCUT2D eigenvalue weighted by Gasteiger charge is -2.22. The average Bonchev–Trinajstić information content (AvgIpc) is 2.66. The Hall–Kier alpha value is -0.970. The van der Waals surface area contributed by atoms with Crippen LogP contribution in [0.4, 0.5) is 0 Å². The van der Waals surface area contributed by atoms with Crippen LogP contribution in [0.2, 0.25) is 0 Å². The van der Waals surface area contributed by atoms with E-state index >= 15 is 0 Å². The minimum Gasteiger partial charge on any atom is -0.356 e. The zero-order chi connectivity index (χ0) is 11.1. The molecule has 0 saturated heterocycles. The molecule has 0 aromatic heterocycles. The van der Waals surface area contributed by atoms with E-state index in [0.717, 1.165) is 38.6 Å². The molecule has 0 unspecified atom stereocenters. The van der Waals surface area contributed by atoms with Gasteiger partial charge in [0.25, 0.3) is 0 Å². The first-order valence-corrected chi connectivity index (χ1v) is 5.91. The standard InChI is InChI=1S/C13H21NO/c1-3-4-5-8-11-14-12(15)13(2)9-6-7-10-13/h1H,4-11H2,2H3,(H,14,15). The van der Waals surface area contributed by atoms with Gasteiger partial charge in [0.2, 0.25) is 5.91 Å². The molecule has 0 spiro atoms. The molecule has 15 heavy (non-hydrogen) atoms. The Morgan fingerprint density at radius 1 is 1.40 bits per heavy atom. The summed E-state index contributed by atoms with van der Waals surface area (Å²) in [5.74, 6) is 2.84. The maximum absolute atomic E-state index is 11.8. The van der Waals surface area contributed by atoms with E-state index in [1.165, 1.54) is 12.8 Å². The minimum absolute atomic E-state index is 0.0912. The molecule has 2 heteroatoms. The number of hydrogen-bond donors (Lipinski definition) is 1. The Bertz CT molecular complexity index is 246. The zero-order valence-electron chi connectivity index (χ0n) is 9.64. The molecule has 1 saturated carbocycles. The molecule has 0 aliphatic heterocycles. The second kappa shape index (κ2) is 5.80. The normalized spacial score (nSPS) is 18.4. The molecular formula is C13H21NO. The first-order valence-electron chi connectivity index (χ1n) is 5.91. The summed E-state index contributed by atoms with van der Waals surface area (Å²) in [4.78, 5) is 11.8. The zero-order valence-corrected chi connectivity index (χ0v) is 9.64. The molecule has 0 aromatic rings. The van der Waals surface area contributed by atoms with Gasteiger partial charge in [-0.15, -0.1) is 12.3 Å². The molecule has 1 aliphatic rings. The molecular weight excluding hydrogens is 186 g/mol. The van der Waals surface area contributed by atoms with E-state index in [2.05, 4.69) is 18.2 Å².